The molecule has 0 heterocycles. The number of methoxy groups -OCH3 is 1. The number of hydrogen-bond acceptors (Lipinski definition) is 3. The van der Waals surface area contributed by atoms with Gasteiger partial charge in [-0.2, -0.15) is 0 Å². The van der Waals surface area contributed by atoms with Gasteiger partial charge in [-0.1, -0.05) is 51.8 Å². The van der Waals surface area contributed by atoms with Crippen LogP contribution in [0.1, 0.15) is 44.0 Å². The molecule has 3 heteroatoms. The van der Waals surface area contributed by atoms with Gasteiger partial charge in [0.05, 0.1) is 7.11 Å². The van der Waals surface area contributed by atoms with Crippen LogP contribution in [0.2, 0.25) is 0 Å². The van der Waals surface area contributed by atoms with Crippen LogP contribution in [0.25, 0.3) is 0 Å². The van der Waals surface area contributed by atoms with E-state index in [9.17, 15) is 4.79 Å². The minimum absolute atomic E-state index is 0.0406. The Morgan fingerprint density at radius 2 is 1.57 bits per heavy atom. The minimum Gasteiger partial charge on any atom is -0.497 e. The molecule has 0 amide bonds. The molecule has 0 aliphatic heterocycles. The van der Waals surface area contributed by atoms with Crippen LogP contribution in [0.5, 0.6) is 5.75 Å². The Kier molecular flexibility index (Phi) is 9.15. The monoisotopic (exact) mass is 330 g/mol. The summed E-state index contributed by atoms with van der Waals surface area (Å²) in [5.41, 5.74) is 0.680. The summed E-state index contributed by atoms with van der Waals surface area (Å²) in [6.07, 6.45) is 2.66. The van der Waals surface area contributed by atoms with Crippen molar-refractivity contribution in [3.8, 4) is 5.75 Å². The summed E-state index contributed by atoms with van der Waals surface area (Å²) in [6, 6.07) is 16.7. The van der Waals surface area contributed by atoms with Crippen molar-refractivity contribution in [3.63, 3.8) is 0 Å². The predicted molar refractivity (Wildman–Crippen MR) is 99.4 cm³/mol. The highest BCUT2D eigenvalue weighted by Crippen LogP contribution is 2.23. The molecular formula is C20H26O2S. The average molecular weight is 330 g/mol. The van der Waals surface area contributed by atoms with Crippen molar-refractivity contribution in [1.29, 1.82) is 0 Å². The lowest BCUT2D eigenvalue weighted by molar-refractivity contribution is 0.108. The quantitative estimate of drug-likeness (QED) is 0.622. The predicted octanol–water partition coefficient (Wildman–Crippen LogP) is 6.07. The largest absolute Gasteiger partial charge is 0.497 e. The number of ether oxygens (including phenoxy) is 1. The Morgan fingerprint density at radius 1 is 1.00 bits per heavy atom. The van der Waals surface area contributed by atoms with E-state index >= 15 is 0 Å². The SMILES string of the molecule is CCC(C)CC.COc1ccc(C(=O)Sc2ccccc2)cc1. The van der Waals surface area contributed by atoms with E-state index in [4.69, 9.17) is 4.74 Å². The van der Waals surface area contributed by atoms with Gasteiger partial charge in [-0.15, -0.1) is 0 Å². The van der Waals surface area contributed by atoms with Crippen LogP contribution in [0, 0.1) is 5.92 Å². The first-order valence-electron chi connectivity index (χ1n) is 8.01. The van der Waals surface area contributed by atoms with Crippen LogP contribution in [0.15, 0.2) is 59.5 Å². The fourth-order valence-corrected chi connectivity index (χ4v) is 2.43. The van der Waals surface area contributed by atoms with E-state index in [1.807, 2.05) is 30.3 Å². The summed E-state index contributed by atoms with van der Waals surface area (Å²) < 4.78 is 5.05. The van der Waals surface area contributed by atoms with Crippen LogP contribution in [-0.4, -0.2) is 12.2 Å². The van der Waals surface area contributed by atoms with E-state index < -0.39 is 0 Å². The molecule has 0 aliphatic carbocycles. The summed E-state index contributed by atoms with van der Waals surface area (Å²) in [6.45, 7) is 6.74. The summed E-state index contributed by atoms with van der Waals surface area (Å²) in [7, 11) is 1.61. The Bertz CT molecular complexity index is 560. The maximum atomic E-state index is 11.9. The highest BCUT2D eigenvalue weighted by atomic mass is 32.2. The Balaban J connectivity index is 0.000000379. The van der Waals surface area contributed by atoms with Crippen molar-refractivity contribution in [1.82, 2.24) is 0 Å². The molecule has 0 aliphatic rings. The smallest absolute Gasteiger partial charge is 0.224 e. The van der Waals surface area contributed by atoms with Crippen molar-refractivity contribution < 1.29 is 9.53 Å². The van der Waals surface area contributed by atoms with Gasteiger partial charge in [0.2, 0.25) is 5.12 Å². The van der Waals surface area contributed by atoms with Gasteiger partial charge >= 0.3 is 0 Å². The third-order valence-corrected chi connectivity index (χ3v) is 4.60. The number of rotatable bonds is 5. The number of hydrogen-bond donors (Lipinski definition) is 0. The second-order valence-electron chi connectivity index (χ2n) is 5.35. The molecule has 23 heavy (non-hydrogen) atoms. The van der Waals surface area contributed by atoms with Crippen molar-refractivity contribution in [2.75, 3.05) is 7.11 Å². The zero-order valence-corrected chi connectivity index (χ0v) is 15.2. The van der Waals surface area contributed by atoms with Crippen LogP contribution in [0.3, 0.4) is 0 Å². The topological polar surface area (TPSA) is 26.3 Å². The molecule has 2 nitrogen and oxygen atoms in total. The maximum absolute atomic E-state index is 11.9. The molecule has 2 aromatic rings. The Labute approximate surface area is 144 Å². The maximum Gasteiger partial charge on any atom is 0.224 e. The van der Waals surface area contributed by atoms with Gasteiger partial charge in [-0.05, 0) is 54.1 Å². The molecule has 0 bridgehead atoms. The van der Waals surface area contributed by atoms with Crippen LogP contribution in [-0.2, 0) is 0 Å². The average Bonchev–Trinajstić information content (AvgIpc) is 2.62. The van der Waals surface area contributed by atoms with Gasteiger partial charge in [0.25, 0.3) is 0 Å². The minimum atomic E-state index is 0.0406. The van der Waals surface area contributed by atoms with Crippen LogP contribution in [0.4, 0.5) is 0 Å². The lowest BCUT2D eigenvalue weighted by Gasteiger charge is -2.02. The summed E-state index contributed by atoms with van der Waals surface area (Å²) in [4.78, 5) is 12.9. The molecule has 0 saturated carbocycles. The van der Waals surface area contributed by atoms with Gasteiger partial charge in [-0.25, -0.2) is 0 Å². The third-order valence-electron chi connectivity index (χ3n) is 3.67. The third kappa shape index (κ3) is 7.38. The van der Waals surface area contributed by atoms with Gasteiger partial charge in [0.1, 0.15) is 5.75 Å². The first-order chi connectivity index (χ1) is 11.1. The Hall–Kier alpha value is -1.74. The van der Waals surface area contributed by atoms with Gasteiger partial charge in [0, 0.05) is 10.5 Å². The highest BCUT2D eigenvalue weighted by Gasteiger charge is 2.07. The lowest BCUT2D eigenvalue weighted by Crippen LogP contribution is -1.93. The van der Waals surface area contributed by atoms with Crippen molar-refractivity contribution in [2.45, 2.75) is 38.5 Å². The van der Waals surface area contributed by atoms with E-state index in [0.29, 0.717) is 5.56 Å². The van der Waals surface area contributed by atoms with E-state index in [1.54, 1.807) is 31.4 Å². The van der Waals surface area contributed by atoms with E-state index in [1.165, 1.54) is 24.6 Å². The first-order valence-corrected chi connectivity index (χ1v) is 8.83. The molecule has 0 unspecified atom stereocenters. The van der Waals surface area contributed by atoms with Crippen LogP contribution >= 0.6 is 11.8 Å². The molecule has 2 rings (SSSR count). The second-order valence-corrected chi connectivity index (χ2v) is 6.40. The standard InChI is InChI=1S/C14H12O2S.C6H14/c1-16-12-9-7-11(8-10-12)14(15)17-13-5-3-2-4-6-13;1-4-6(3)5-2/h2-10H,1H3;6H,4-5H2,1-3H3. The number of carbonyl (C=O) groups is 1. The molecule has 0 N–H and O–H groups in total. The zero-order chi connectivity index (χ0) is 17.1. The second kappa shape index (κ2) is 10.9. The zero-order valence-electron chi connectivity index (χ0n) is 14.4. The van der Waals surface area contributed by atoms with E-state index in [0.717, 1.165) is 16.6 Å². The summed E-state index contributed by atoms with van der Waals surface area (Å²) >= 11 is 1.23. The van der Waals surface area contributed by atoms with Crippen molar-refractivity contribution in [2.24, 2.45) is 5.92 Å². The number of benzene rings is 2. The molecule has 0 atom stereocenters. The molecule has 0 saturated heterocycles. The summed E-state index contributed by atoms with van der Waals surface area (Å²) in [5.74, 6) is 1.69. The Morgan fingerprint density at radius 3 is 2.00 bits per heavy atom. The fraction of sp³-hybridized carbons (Fsp3) is 0.350. The molecule has 0 radical (unpaired) electrons. The van der Waals surface area contributed by atoms with Gasteiger partial charge in [-0.3, -0.25) is 4.79 Å². The van der Waals surface area contributed by atoms with Crippen molar-refractivity contribution >= 4 is 16.9 Å². The van der Waals surface area contributed by atoms with E-state index in [-0.39, 0.29) is 5.12 Å². The van der Waals surface area contributed by atoms with Gasteiger partial charge in [0.15, 0.2) is 0 Å². The molecular weight excluding hydrogens is 304 g/mol. The number of thioether (sulfide) groups is 1. The number of carbonyl (C=O) groups excluding carboxylic acids is 1. The van der Waals surface area contributed by atoms with Crippen molar-refractivity contribution in [3.05, 3.63) is 60.2 Å². The van der Waals surface area contributed by atoms with Crippen LogP contribution < -0.4 is 4.74 Å². The molecule has 0 spiro atoms. The highest BCUT2D eigenvalue weighted by molar-refractivity contribution is 8.14. The lowest BCUT2D eigenvalue weighted by atomic mass is 10.1. The molecule has 124 valence electrons. The van der Waals surface area contributed by atoms with E-state index in [2.05, 4.69) is 20.8 Å². The van der Waals surface area contributed by atoms with Gasteiger partial charge < -0.3 is 4.74 Å². The fourth-order valence-electron chi connectivity index (χ4n) is 1.67. The normalized spacial score (nSPS) is 9.96. The first kappa shape index (κ1) is 19.3. The summed E-state index contributed by atoms with van der Waals surface area (Å²) in [5, 5.41) is 0.0406. The molecule has 0 aromatic heterocycles. The molecule has 0 fully saturated rings. The molecule has 2 aromatic carbocycles.